The van der Waals surface area contributed by atoms with Crippen LogP contribution >= 0.6 is 0 Å². The van der Waals surface area contributed by atoms with E-state index < -0.39 is 29.2 Å². The highest BCUT2D eigenvalue weighted by Crippen LogP contribution is 2.45. The second kappa shape index (κ2) is 8.90. The fourth-order valence-corrected chi connectivity index (χ4v) is 3.83. The summed E-state index contributed by atoms with van der Waals surface area (Å²) < 4.78 is 70.4. The van der Waals surface area contributed by atoms with Crippen LogP contribution in [0.25, 0.3) is 10.9 Å². The molecule has 1 heterocycles. The number of hydrogen-bond donors (Lipinski definition) is 1. The minimum Gasteiger partial charge on any atom is -0.493 e. The lowest BCUT2D eigenvalue weighted by Crippen LogP contribution is -2.24. The van der Waals surface area contributed by atoms with E-state index in [1.807, 2.05) is 0 Å². The summed E-state index contributed by atoms with van der Waals surface area (Å²) in [5, 5.41) is 3.70. The van der Waals surface area contributed by atoms with E-state index >= 15 is 0 Å². The van der Waals surface area contributed by atoms with Gasteiger partial charge in [-0.1, -0.05) is 0 Å². The van der Waals surface area contributed by atoms with E-state index in [1.54, 1.807) is 33.1 Å². The molecule has 1 atom stereocenters. The van der Waals surface area contributed by atoms with Gasteiger partial charge in [0.1, 0.15) is 23.1 Å². The van der Waals surface area contributed by atoms with Gasteiger partial charge in [0.2, 0.25) is 0 Å². The molecule has 0 aliphatic heterocycles. The van der Waals surface area contributed by atoms with Crippen molar-refractivity contribution in [1.82, 2.24) is 9.97 Å². The number of aryl methyl sites for hydroxylation is 1. The van der Waals surface area contributed by atoms with Gasteiger partial charge in [-0.3, -0.25) is 0 Å². The molecule has 10 heteroatoms. The second-order valence-electron chi connectivity index (χ2n) is 8.49. The minimum atomic E-state index is -4.65. The quantitative estimate of drug-likeness (QED) is 0.410. The normalized spacial score (nSPS) is 15.8. The summed E-state index contributed by atoms with van der Waals surface area (Å²) in [6, 6.07) is 5.26. The molecule has 0 radical (unpaired) electrons. The summed E-state index contributed by atoms with van der Waals surface area (Å²) in [6.07, 6.45) is -2.97. The van der Waals surface area contributed by atoms with Gasteiger partial charge in [0.15, 0.2) is 11.5 Å². The summed E-state index contributed by atoms with van der Waals surface area (Å²) in [4.78, 5) is 8.90. The number of nitrogens with zero attached hydrogens (tertiary/aromatic N) is 2. The Labute approximate surface area is 194 Å². The largest absolute Gasteiger partial charge is 0.493 e. The Hall–Kier alpha value is -3.14. The molecule has 0 spiro atoms. The van der Waals surface area contributed by atoms with Gasteiger partial charge in [0.05, 0.1) is 30.8 Å². The van der Waals surface area contributed by atoms with Crippen molar-refractivity contribution >= 4 is 16.7 Å². The monoisotopic (exact) mass is 479 g/mol. The van der Waals surface area contributed by atoms with Crippen molar-refractivity contribution in [3.63, 3.8) is 0 Å². The predicted octanol–water partition coefficient (Wildman–Crippen LogP) is 5.84. The zero-order valence-electron chi connectivity index (χ0n) is 19.2. The summed E-state index contributed by atoms with van der Waals surface area (Å²) in [5.74, 6) is 0.850. The van der Waals surface area contributed by atoms with Gasteiger partial charge in [0.25, 0.3) is 0 Å². The molecule has 1 saturated carbocycles. The zero-order valence-corrected chi connectivity index (χ0v) is 19.2. The van der Waals surface area contributed by atoms with Crippen molar-refractivity contribution in [2.24, 2.45) is 0 Å². The van der Waals surface area contributed by atoms with Crippen LogP contribution in [-0.4, -0.2) is 36.4 Å². The van der Waals surface area contributed by atoms with Crippen LogP contribution in [0, 0.1) is 12.7 Å². The first-order valence-electron chi connectivity index (χ1n) is 10.7. The maximum atomic E-state index is 13.9. The first kappa shape index (κ1) is 24.0. The van der Waals surface area contributed by atoms with Crippen molar-refractivity contribution in [1.29, 1.82) is 0 Å². The number of halogens is 4. The second-order valence-corrected chi connectivity index (χ2v) is 8.49. The van der Waals surface area contributed by atoms with Crippen LogP contribution in [0.15, 0.2) is 30.3 Å². The molecule has 1 fully saturated rings. The summed E-state index contributed by atoms with van der Waals surface area (Å²) in [6.45, 7) is 3.77. The number of hydrogen-bond acceptors (Lipinski definition) is 6. The number of anilines is 1. The first-order chi connectivity index (χ1) is 16.0. The molecular weight excluding hydrogens is 454 g/mol. The third-order valence-corrected chi connectivity index (χ3v) is 5.74. The number of fused-ring (bicyclic) bond motifs is 1. The van der Waals surface area contributed by atoms with Crippen molar-refractivity contribution in [3.05, 3.63) is 53.1 Å². The van der Waals surface area contributed by atoms with Gasteiger partial charge in [-0.15, -0.1) is 0 Å². The van der Waals surface area contributed by atoms with E-state index in [-0.39, 0.29) is 5.56 Å². The van der Waals surface area contributed by atoms with Crippen LogP contribution in [0.2, 0.25) is 0 Å². The Morgan fingerprint density at radius 3 is 2.41 bits per heavy atom. The van der Waals surface area contributed by atoms with Crippen molar-refractivity contribution in [3.8, 4) is 11.5 Å². The average Bonchev–Trinajstić information content (AvgIpc) is 3.51. The van der Waals surface area contributed by atoms with Gasteiger partial charge >= 0.3 is 6.18 Å². The first-order valence-corrected chi connectivity index (χ1v) is 10.7. The fourth-order valence-electron chi connectivity index (χ4n) is 3.83. The zero-order chi connectivity index (χ0) is 24.7. The molecule has 0 unspecified atom stereocenters. The number of methoxy groups -OCH3 is 2. The third kappa shape index (κ3) is 5.01. The van der Waals surface area contributed by atoms with Crippen LogP contribution in [0.3, 0.4) is 0 Å². The average molecular weight is 479 g/mol. The van der Waals surface area contributed by atoms with E-state index in [4.69, 9.17) is 14.2 Å². The molecule has 0 amide bonds. The number of benzene rings is 2. The van der Waals surface area contributed by atoms with Crippen molar-refractivity contribution in [2.45, 2.75) is 44.5 Å². The number of ether oxygens (including phenoxy) is 3. The van der Waals surface area contributed by atoms with Crippen LogP contribution in [0.1, 0.15) is 42.8 Å². The molecule has 1 aliphatic carbocycles. The van der Waals surface area contributed by atoms with Gasteiger partial charge in [0, 0.05) is 18.6 Å². The molecule has 0 saturated heterocycles. The topological polar surface area (TPSA) is 65.5 Å². The van der Waals surface area contributed by atoms with Crippen LogP contribution in [-0.2, 0) is 10.9 Å². The van der Waals surface area contributed by atoms with Crippen molar-refractivity contribution < 1.29 is 31.8 Å². The standard InChI is InChI=1S/C24H25F4N3O3/c1-13(15-7-16(24(26,27)28)9-17(25)8-15)29-22-18-10-21(34-23(5-6-23)12-32-3)20(33-4)11-19(18)30-14(2)31-22/h7-11,13H,5-6,12H2,1-4H3,(H,29,30,31)/t13-/m1/s1. The predicted molar refractivity (Wildman–Crippen MR) is 119 cm³/mol. The number of nitrogens with one attached hydrogen (secondary N) is 1. The Bertz CT molecular complexity index is 1210. The molecule has 0 bridgehead atoms. The number of aromatic nitrogens is 2. The smallest absolute Gasteiger partial charge is 0.416 e. The summed E-state index contributed by atoms with van der Waals surface area (Å²) in [7, 11) is 3.14. The summed E-state index contributed by atoms with van der Waals surface area (Å²) in [5.41, 5.74) is -0.761. The Morgan fingerprint density at radius 2 is 1.79 bits per heavy atom. The maximum Gasteiger partial charge on any atom is 0.416 e. The lowest BCUT2D eigenvalue weighted by Gasteiger charge is -2.21. The Morgan fingerprint density at radius 1 is 1.06 bits per heavy atom. The molecule has 6 nitrogen and oxygen atoms in total. The molecule has 1 aliphatic rings. The molecule has 1 aromatic heterocycles. The van der Waals surface area contributed by atoms with Crippen LogP contribution in [0.5, 0.6) is 11.5 Å². The molecule has 1 N–H and O–H groups in total. The van der Waals surface area contributed by atoms with Crippen LogP contribution < -0.4 is 14.8 Å². The van der Waals surface area contributed by atoms with Crippen molar-refractivity contribution in [2.75, 3.05) is 26.1 Å². The molecule has 4 rings (SSSR count). The van der Waals surface area contributed by atoms with E-state index in [0.29, 0.717) is 46.7 Å². The van der Waals surface area contributed by atoms with Gasteiger partial charge in [-0.25, -0.2) is 14.4 Å². The third-order valence-electron chi connectivity index (χ3n) is 5.74. The van der Waals surface area contributed by atoms with E-state index in [2.05, 4.69) is 15.3 Å². The van der Waals surface area contributed by atoms with E-state index in [1.165, 1.54) is 7.11 Å². The van der Waals surface area contributed by atoms with Gasteiger partial charge < -0.3 is 19.5 Å². The molecule has 182 valence electrons. The highest BCUT2D eigenvalue weighted by molar-refractivity contribution is 5.92. The number of alkyl halides is 3. The van der Waals surface area contributed by atoms with Gasteiger partial charge in [-0.2, -0.15) is 13.2 Å². The maximum absolute atomic E-state index is 13.9. The highest BCUT2D eigenvalue weighted by atomic mass is 19.4. The molecular formula is C24H25F4N3O3. The number of rotatable bonds is 8. The Balaban J connectivity index is 1.72. The fraction of sp³-hybridized carbons (Fsp3) is 0.417. The van der Waals surface area contributed by atoms with Gasteiger partial charge in [-0.05, 0) is 56.5 Å². The molecule has 2 aromatic carbocycles. The van der Waals surface area contributed by atoms with E-state index in [9.17, 15) is 17.6 Å². The van der Waals surface area contributed by atoms with Crippen LogP contribution in [0.4, 0.5) is 23.4 Å². The lowest BCUT2D eigenvalue weighted by molar-refractivity contribution is -0.137. The lowest BCUT2D eigenvalue weighted by atomic mass is 10.0. The highest BCUT2D eigenvalue weighted by Gasteiger charge is 2.46. The SMILES string of the molecule is COCC1(Oc2cc3c(N[C@H](C)c4cc(F)cc(C(F)(F)F)c4)nc(C)nc3cc2OC)CC1. The summed E-state index contributed by atoms with van der Waals surface area (Å²) >= 11 is 0. The minimum absolute atomic E-state index is 0.138. The Kier molecular flexibility index (Phi) is 6.28. The molecule has 34 heavy (non-hydrogen) atoms. The molecule has 3 aromatic rings. The van der Waals surface area contributed by atoms with E-state index in [0.717, 1.165) is 25.0 Å².